The Morgan fingerprint density at radius 3 is 1.87 bits per heavy atom. The highest BCUT2D eigenvalue weighted by Crippen LogP contribution is 2.71. The zero-order valence-corrected chi connectivity index (χ0v) is 26.5. The Labute approximate surface area is 265 Å². The number of halogens is 3. The van der Waals surface area contributed by atoms with Crippen LogP contribution in [0.15, 0.2) is 152 Å². The lowest BCUT2D eigenvalue weighted by atomic mass is 10.0. The molecule has 0 N–H and O–H groups in total. The molecule has 0 aliphatic heterocycles. The predicted molar refractivity (Wildman–Crippen MR) is 170 cm³/mol. The van der Waals surface area contributed by atoms with Gasteiger partial charge in [-0.1, -0.05) is 66.4 Å². The number of ketones is 1. The molecule has 1 unspecified atom stereocenters. The van der Waals surface area contributed by atoms with Gasteiger partial charge < -0.3 is 4.74 Å². The molecule has 0 bridgehead atoms. The van der Waals surface area contributed by atoms with E-state index in [4.69, 9.17) is 8.37 Å². The van der Waals surface area contributed by atoms with E-state index in [1.54, 1.807) is 72.8 Å². The Balaban J connectivity index is 1.65. The van der Waals surface area contributed by atoms with Crippen molar-refractivity contribution in [2.24, 2.45) is 0 Å². The molecule has 5 rings (SSSR count). The fourth-order valence-electron chi connectivity index (χ4n) is 4.72. The van der Waals surface area contributed by atoms with Gasteiger partial charge in [-0.25, -0.2) is 3.63 Å². The van der Waals surface area contributed by atoms with Gasteiger partial charge in [0.2, 0.25) is 0 Å². The molecular weight excluding hydrogens is 642 g/mol. The second-order valence-corrected chi connectivity index (χ2v) is 15.3. The largest absolute Gasteiger partial charge is 0.497 e. The minimum absolute atomic E-state index is 0.149. The first-order chi connectivity index (χ1) is 21.4. The Bertz CT molecular complexity index is 1910. The summed E-state index contributed by atoms with van der Waals surface area (Å²) in [6.45, 7) is 0. The number of carbonyl (C=O) groups is 1. The molecule has 5 nitrogen and oxygen atoms in total. The van der Waals surface area contributed by atoms with E-state index < -0.39 is 32.2 Å². The average Bonchev–Trinajstić information content (AvgIpc) is 3.03. The zero-order chi connectivity index (χ0) is 32.2. The molecule has 0 radical (unpaired) electrons. The molecule has 5 aromatic rings. The first-order valence-electron chi connectivity index (χ1n) is 13.4. The van der Waals surface area contributed by atoms with Gasteiger partial charge in [-0.15, -0.1) is 0 Å². The van der Waals surface area contributed by atoms with E-state index in [9.17, 15) is 26.4 Å². The summed E-state index contributed by atoms with van der Waals surface area (Å²) in [5.41, 5.74) is 0.0248. The van der Waals surface area contributed by atoms with Crippen LogP contribution >= 0.6 is 22.1 Å². The number of hydrogen-bond donors (Lipinski definition) is 0. The van der Waals surface area contributed by atoms with Crippen molar-refractivity contribution in [3.8, 4) is 5.75 Å². The molecule has 0 saturated carbocycles. The number of alkyl halides is 3. The van der Waals surface area contributed by atoms with Crippen molar-refractivity contribution >= 4 is 38.0 Å². The van der Waals surface area contributed by atoms with Gasteiger partial charge in [-0.05, 0) is 83.1 Å². The summed E-state index contributed by atoms with van der Waals surface area (Å²) >= 11 is 1.31. The van der Waals surface area contributed by atoms with Crippen molar-refractivity contribution in [1.82, 2.24) is 0 Å². The average molecular weight is 669 g/mol. The number of carbonyl (C=O) groups excluding carboxylic acids is 1. The van der Waals surface area contributed by atoms with Crippen LogP contribution in [0.5, 0.6) is 5.75 Å². The van der Waals surface area contributed by atoms with E-state index in [-0.39, 0.29) is 20.5 Å². The molecule has 0 aliphatic rings. The van der Waals surface area contributed by atoms with Crippen LogP contribution in [0.3, 0.4) is 0 Å². The summed E-state index contributed by atoms with van der Waals surface area (Å²) in [4.78, 5) is 14.8. The van der Waals surface area contributed by atoms with Gasteiger partial charge in [0.1, 0.15) is 5.75 Å². The molecule has 5 aromatic carbocycles. The number of rotatable bonds is 10. The van der Waals surface area contributed by atoms with Crippen LogP contribution in [-0.4, -0.2) is 27.6 Å². The standard InChI is InChI=1S/C34H27F3O5S3/c1-41-25-16-20-27(21-17-25)45(42-44(2,39)40,32-15-9-7-13-30(32)34(35,36)37)28-22-18-26(19-23-28)43-31-14-8-6-12-29(31)33(38)24-10-4-3-5-11-24/h3-23H,1-2H3. The van der Waals surface area contributed by atoms with E-state index in [1.807, 2.05) is 18.2 Å². The summed E-state index contributed by atoms with van der Waals surface area (Å²) in [7, 11) is -6.36. The molecule has 45 heavy (non-hydrogen) atoms. The van der Waals surface area contributed by atoms with Crippen LogP contribution in [0.1, 0.15) is 21.5 Å². The first-order valence-corrected chi connectivity index (χ1v) is 17.6. The molecule has 0 spiro atoms. The van der Waals surface area contributed by atoms with E-state index in [2.05, 4.69) is 0 Å². The first kappa shape index (κ1) is 32.4. The molecule has 0 aromatic heterocycles. The summed E-state index contributed by atoms with van der Waals surface area (Å²) in [6.07, 6.45) is -3.98. The van der Waals surface area contributed by atoms with Crippen molar-refractivity contribution < 1.29 is 34.7 Å². The van der Waals surface area contributed by atoms with Gasteiger partial charge in [-0.3, -0.25) is 4.79 Å². The van der Waals surface area contributed by atoms with Crippen molar-refractivity contribution in [1.29, 1.82) is 0 Å². The fourth-order valence-corrected chi connectivity index (χ4v) is 10.7. The lowest BCUT2D eigenvalue weighted by molar-refractivity contribution is -0.139. The highest BCUT2D eigenvalue weighted by atomic mass is 32.3. The molecule has 0 saturated heterocycles. The SMILES string of the molecule is COc1ccc(S(OS(C)(=O)=O)(c2ccc(Sc3ccccc3C(=O)c3ccccc3)cc2)c2ccccc2C(F)(F)F)cc1. The molecule has 11 heteroatoms. The molecule has 1 atom stereocenters. The topological polar surface area (TPSA) is 69.7 Å². The van der Waals surface area contributed by atoms with Crippen LogP contribution in [0, 0.1) is 0 Å². The maximum atomic E-state index is 14.5. The minimum atomic E-state index is -4.80. The Kier molecular flexibility index (Phi) is 9.45. The molecule has 0 amide bonds. The second kappa shape index (κ2) is 13.1. The molecule has 0 heterocycles. The van der Waals surface area contributed by atoms with Crippen LogP contribution in [-0.2, 0) is 19.9 Å². The van der Waals surface area contributed by atoms with Gasteiger partial charge in [0.15, 0.2) is 5.78 Å². The van der Waals surface area contributed by atoms with Gasteiger partial charge in [0, 0.05) is 35.6 Å². The van der Waals surface area contributed by atoms with Crippen molar-refractivity contribution in [3.63, 3.8) is 0 Å². The highest BCUT2D eigenvalue weighted by molar-refractivity contribution is 8.33. The smallest absolute Gasteiger partial charge is 0.417 e. The number of ether oxygens (including phenoxy) is 1. The van der Waals surface area contributed by atoms with Crippen LogP contribution in [0.2, 0.25) is 0 Å². The fraction of sp³-hybridized carbons (Fsp3) is 0.0882. The Morgan fingerprint density at radius 2 is 1.27 bits per heavy atom. The van der Waals surface area contributed by atoms with E-state index in [0.29, 0.717) is 26.7 Å². The summed E-state index contributed by atoms with van der Waals surface area (Å²) in [5, 5.41) is 0. The predicted octanol–water partition coefficient (Wildman–Crippen LogP) is 9.27. The summed E-state index contributed by atoms with van der Waals surface area (Å²) < 4.78 is 80.1. The normalized spacial score (nSPS) is 13.9. The second-order valence-electron chi connectivity index (χ2n) is 9.76. The molecular formula is C34H27F3O5S3. The van der Waals surface area contributed by atoms with E-state index in [0.717, 1.165) is 12.3 Å². The third-order valence-electron chi connectivity index (χ3n) is 6.67. The quantitative estimate of drug-likeness (QED) is 0.138. The van der Waals surface area contributed by atoms with E-state index >= 15 is 0 Å². The Hall–Kier alpha value is -4.03. The zero-order valence-electron chi connectivity index (χ0n) is 24.0. The number of benzene rings is 5. The minimum Gasteiger partial charge on any atom is -0.497 e. The number of hydrogen-bond acceptors (Lipinski definition) is 6. The summed E-state index contributed by atoms with van der Waals surface area (Å²) in [5.74, 6) is 0.287. The summed E-state index contributed by atoms with van der Waals surface area (Å²) in [6, 6.07) is 33.5. The lowest BCUT2D eigenvalue weighted by Crippen LogP contribution is -2.17. The Morgan fingerprint density at radius 1 is 0.711 bits per heavy atom. The maximum Gasteiger partial charge on any atom is 0.417 e. The third kappa shape index (κ3) is 7.12. The highest BCUT2D eigenvalue weighted by Gasteiger charge is 2.44. The third-order valence-corrected chi connectivity index (χ3v) is 12.4. The van der Waals surface area contributed by atoms with Gasteiger partial charge in [-0.2, -0.15) is 21.6 Å². The maximum absolute atomic E-state index is 14.5. The molecule has 0 fully saturated rings. The van der Waals surface area contributed by atoms with Gasteiger partial charge in [0.25, 0.3) is 10.1 Å². The monoisotopic (exact) mass is 668 g/mol. The van der Waals surface area contributed by atoms with Gasteiger partial charge >= 0.3 is 6.18 Å². The molecule has 232 valence electrons. The van der Waals surface area contributed by atoms with E-state index in [1.165, 1.54) is 49.2 Å². The van der Waals surface area contributed by atoms with Crippen LogP contribution in [0.25, 0.3) is 0 Å². The van der Waals surface area contributed by atoms with Gasteiger partial charge in [0.05, 0.1) is 18.9 Å². The number of methoxy groups -OCH3 is 1. The lowest BCUT2D eigenvalue weighted by Gasteiger charge is -2.40. The van der Waals surface area contributed by atoms with Crippen molar-refractivity contribution in [2.75, 3.05) is 13.4 Å². The van der Waals surface area contributed by atoms with Crippen LogP contribution in [0.4, 0.5) is 13.2 Å². The van der Waals surface area contributed by atoms with Crippen molar-refractivity contribution in [3.05, 3.63) is 144 Å². The van der Waals surface area contributed by atoms with Crippen molar-refractivity contribution in [2.45, 2.75) is 30.7 Å². The molecule has 0 aliphatic carbocycles. The van der Waals surface area contributed by atoms with Crippen LogP contribution < -0.4 is 4.74 Å².